The van der Waals surface area contributed by atoms with E-state index in [4.69, 9.17) is 0 Å². The Balaban J connectivity index is 3.34. The molecule has 0 saturated carbocycles. The Morgan fingerprint density at radius 3 is 2.40 bits per heavy atom. The van der Waals surface area contributed by atoms with E-state index in [-0.39, 0.29) is 12.8 Å². The Kier molecular flexibility index (Phi) is 2.92. The number of aldehydes is 1. The molecule has 0 saturated heterocycles. The molecule has 0 aliphatic carbocycles. The molecule has 1 aromatic rings. The first-order valence-corrected chi connectivity index (χ1v) is 3.81. The third-order valence-electron chi connectivity index (χ3n) is 1.61. The van der Waals surface area contributed by atoms with E-state index in [1.54, 1.807) is 0 Å². The zero-order valence-corrected chi connectivity index (χ0v) is 7.38. The molecule has 0 atom stereocenters. The molecule has 0 N–H and O–H groups in total. The van der Waals surface area contributed by atoms with Gasteiger partial charge < -0.3 is 0 Å². The van der Waals surface area contributed by atoms with Crippen LogP contribution in [0.3, 0.4) is 0 Å². The lowest BCUT2D eigenvalue weighted by molar-refractivity contribution is -0.141. The highest BCUT2D eigenvalue weighted by atomic mass is 19.4. The van der Waals surface area contributed by atoms with Crippen LogP contribution in [0.4, 0.5) is 17.6 Å². The van der Waals surface area contributed by atoms with Gasteiger partial charge in [0, 0.05) is 0 Å². The molecule has 0 aliphatic rings. The lowest BCUT2D eigenvalue weighted by atomic mass is 10.2. The number of aromatic nitrogens is 2. The molecule has 0 spiro atoms. The van der Waals surface area contributed by atoms with Crippen LogP contribution in [-0.4, -0.2) is 16.1 Å². The first kappa shape index (κ1) is 11.4. The van der Waals surface area contributed by atoms with Gasteiger partial charge in [0.1, 0.15) is 5.56 Å². The van der Waals surface area contributed by atoms with E-state index in [0.29, 0.717) is 4.68 Å². The van der Waals surface area contributed by atoms with Crippen molar-refractivity contribution in [2.24, 2.45) is 0 Å². The summed E-state index contributed by atoms with van der Waals surface area (Å²) in [4.78, 5) is 10.3. The molecule has 0 aliphatic heterocycles. The van der Waals surface area contributed by atoms with Crippen LogP contribution < -0.4 is 0 Å². The van der Waals surface area contributed by atoms with Gasteiger partial charge in [0.25, 0.3) is 0 Å². The van der Waals surface area contributed by atoms with Gasteiger partial charge in [0.15, 0.2) is 12.0 Å². The van der Waals surface area contributed by atoms with Crippen LogP contribution >= 0.6 is 0 Å². The van der Waals surface area contributed by atoms with Crippen molar-refractivity contribution in [1.29, 1.82) is 0 Å². The molecule has 15 heavy (non-hydrogen) atoms. The number of carbonyl (C=O) groups excluding carboxylic acids is 1. The number of nitrogens with zero attached hydrogens (tertiary/aromatic N) is 2. The number of allylic oxidation sites excluding steroid dienone is 1. The van der Waals surface area contributed by atoms with Gasteiger partial charge in [-0.2, -0.15) is 22.7 Å². The predicted octanol–water partition coefficient (Wildman–Crippen LogP) is 2.04. The second-order valence-electron chi connectivity index (χ2n) is 2.64. The van der Waals surface area contributed by atoms with Gasteiger partial charge >= 0.3 is 6.18 Å². The lowest BCUT2D eigenvalue weighted by Gasteiger charge is -2.01. The molecule has 0 aromatic carbocycles. The second kappa shape index (κ2) is 3.84. The van der Waals surface area contributed by atoms with Crippen molar-refractivity contribution >= 4 is 6.29 Å². The number of hydrogen-bond acceptors (Lipinski definition) is 2. The minimum absolute atomic E-state index is 0.204. The summed E-state index contributed by atoms with van der Waals surface area (Å²) < 4.78 is 50.3. The van der Waals surface area contributed by atoms with Gasteiger partial charge in [0.05, 0.1) is 6.54 Å². The summed E-state index contributed by atoms with van der Waals surface area (Å²) in [6, 6.07) is 0. The highest BCUT2D eigenvalue weighted by Gasteiger charge is 2.39. The Hall–Kier alpha value is -1.66. The third kappa shape index (κ3) is 2.05. The monoisotopic (exact) mass is 222 g/mol. The molecule has 0 bridgehead atoms. The Bertz CT molecular complexity index is 394. The molecule has 0 radical (unpaired) electrons. The molecule has 1 heterocycles. The third-order valence-corrected chi connectivity index (χ3v) is 1.61. The van der Waals surface area contributed by atoms with Crippen molar-refractivity contribution in [2.45, 2.75) is 12.7 Å². The molecule has 0 fully saturated rings. The van der Waals surface area contributed by atoms with Gasteiger partial charge in [-0.25, -0.2) is 4.68 Å². The van der Waals surface area contributed by atoms with Crippen LogP contribution in [0.25, 0.3) is 0 Å². The number of rotatable bonds is 3. The normalized spacial score (nSPS) is 11.5. The zero-order valence-electron chi connectivity index (χ0n) is 7.38. The van der Waals surface area contributed by atoms with E-state index in [1.165, 1.54) is 6.08 Å². The number of hydrogen-bond donors (Lipinski definition) is 0. The van der Waals surface area contributed by atoms with Crippen LogP contribution in [0.1, 0.15) is 16.1 Å². The zero-order chi connectivity index (χ0) is 11.6. The molecule has 82 valence electrons. The molecule has 1 rings (SSSR count). The average molecular weight is 222 g/mol. The fourth-order valence-electron chi connectivity index (χ4n) is 1.01. The molecule has 3 nitrogen and oxygen atoms in total. The topological polar surface area (TPSA) is 34.9 Å². The minimum Gasteiger partial charge on any atom is -0.298 e. The SMILES string of the molecule is C=CCn1nc(C(F)(F)F)c(C=O)c1F. The van der Waals surface area contributed by atoms with E-state index < -0.39 is 23.4 Å². The predicted molar refractivity (Wildman–Crippen MR) is 42.8 cm³/mol. The van der Waals surface area contributed by atoms with Gasteiger partial charge in [-0.05, 0) is 0 Å². The Morgan fingerprint density at radius 1 is 1.47 bits per heavy atom. The van der Waals surface area contributed by atoms with Crippen molar-refractivity contribution < 1.29 is 22.4 Å². The summed E-state index contributed by atoms with van der Waals surface area (Å²) in [5, 5.41) is 2.96. The van der Waals surface area contributed by atoms with E-state index in [0.717, 1.165) is 0 Å². The summed E-state index contributed by atoms with van der Waals surface area (Å²) in [6.45, 7) is 2.99. The summed E-state index contributed by atoms with van der Waals surface area (Å²) >= 11 is 0. The largest absolute Gasteiger partial charge is 0.436 e. The maximum Gasteiger partial charge on any atom is 0.436 e. The smallest absolute Gasteiger partial charge is 0.298 e. The highest BCUT2D eigenvalue weighted by Crippen LogP contribution is 2.31. The van der Waals surface area contributed by atoms with Crippen LogP contribution in [0, 0.1) is 5.95 Å². The van der Waals surface area contributed by atoms with Crippen LogP contribution in [0.15, 0.2) is 12.7 Å². The van der Waals surface area contributed by atoms with Gasteiger partial charge in [-0.1, -0.05) is 6.08 Å². The average Bonchev–Trinajstić information content (AvgIpc) is 2.44. The number of alkyl halides is 3. The van der Waals surface area contributed by atoms with E-state index in [2.05, 4.69) is 11.7 Å². The first-order valence-electron chi connectivity index (χ1n) is 3.81. The van der Waals surface area contributed by atoms with Crippen LogP contribution in [0.2, 0.25) is 0 Å². The van der Waals surface area contributed by atoms with Crippen LogP contribution in [-0.2, 0) is 12.7 Å². The summed E-state index contributed by atoms with van der Waals surface area (Å²) in [7, 11) is 0. The number of carbonyl (C=O) groups is 1. The van der Waals surface area contributed by atoms with Crippen molar-refractivity contribution in [3.05, 3.63) is 29.9 Å². The van der Waals surface area contributed by atoms with Gasteiger partial charge in [-0.3, -0.25) is 4.79 Å². The van der Waals surface area contributed by atoms with E-state index in [9.17, 15) is 22.4 Å². The molecular formula is C8H6F4N2O. The molecule has 0 unspecified atom stereocenters. The standard InChI is InChI=1S/C8H6F4N2O/c1-2-3-14-7(9)5(4-15)6(13-14)8(10,11)12/h2,4H,1,3H2. The quantitative estimate of drug-likeness (QED) is 0.445. The summed E-state index contributed by atoms with van der Waals surface area (Å²) in [6.07, 6.45) is -3.88. The van der Waals surface area contributed by atoms with Crippen molar-refractivity contribution in [2.75, 3.05) is 0 Å². The minimum atomic E-state index is -4.84. The molecule has 1 aromatic heterocycles. The first-order chi connectivity index (χ1) is 6.91. The molecule has 7 heteroatoms. The second-order valence-corrected chi connectivity index (χ2v) is 2.64. The van der Waals surface area contributed by atoms with Gasteiger partial charge in [-0.15, -0.1) is 6.58 Å². The number of halogens is 4. The lowest BCUT2D eigenvalue weighted by Crippen LogP contribution is -2.09. The Labute approximate surface area is 82.0 Å². The fourth-order valence-corrected chi connectivity index (χ4v) is 1.01. The fraction of sp³-hybridized carbons (Fsp3) is 0.250. The molecular weight excluding hydrogens is 216 g/mol. The highest BCUT2D eigenvalue weighted by molar-refractivity contribution is 5.76. The molecule has 0 amide bonds. The van der Waals surface area contributed by atoms with E-state index >= 15 is 0 Å². The van der Waals surface area contributed by atoms with Crippen molar-refractivity contribution in [1.82, 2.24) is 9.78 Å². The Morgan fingerprint density at radius 2 is 2.07 bits per heavy atom. The summed E-state index contributed by atoms with van der Waals surface area (Å²) in [5.74, 6) is -1.31. The maximum atomic E-state index is 13.1. The van der Waals surface area contributed by atoms with Crippen LogP contribution in [0.5, 0.6) is 0 Å². The maximum absolute atomic E-state index is 13.1. The van der Waals surface area contributed by atoms with E-state index in [1.807, 2.05) is 0 Å². The van der Waals surface area contributed by atoms with Crippen molar-refractivity contribution in [3.63, 3.8) is 0 Å². The summed E-state index contributed by atoms with van der Waals surface area (Å²) in [5.41, 5.74) is -2.60. The van der Waals surface area contributed by atoms with Gasteiger partial charge in [0.2, 0.25) is 5.95 Å². The van der Waals surface area contributed by atoms with Crippen molar-refractivity contribution in [3.8, 4) is 0 Å².